The molecule has 3 unspecified atom stereocenters. The van der Waals surface area contributed by atoms with Crippen LogP contribution >= 0.6 is 0 Å². The third-order valence-corrected chi connectivity index (χ3v) is 3.97. The average Bonchev–Trinajstić information content (AvgIpc) is 2.38. The van der Waals surface area contributed by atoms with Gasteiger partial charge in [0, 0.05) is 25.0 Å². The zero-order valence-corrected chi connectivity index (χ0v) is 10.7. The fraction of sp³-hybridized carbons (Fsp3) is 0.923. The zero-order valence-electron chi connectivity index (χ0n) is 10.7. The molecule has 1 amide bonds. The first kappa shape index (κ1) is 12.8. The highest BCUT2D eigenvalue weighted by Crippen LogP contribution is 2.25. The van der Waals surface area contributed by atoms with E-state index in [-0.39, 0.29) is 18.1 Å². The summed E-state index contributed by atoms with van der Waals surface area (Å²) in [5, 5.41) is 0. The van der Waals surface area contributed by atoms with Gasteiger partial charge in [0.1, 0.15) is 0 Å². The maximum atomic E-state index is 12.4. The molecule has 0 aromatic carbocycles. The Balaban J connectivity index is 1.89. The van der Waals surface area contributed by atoms with E-state index in [1.807, 2.05) is 4.90 Å². The first-order valence-electron chi connectivity index (χ1n) is 6.86. The molecule has 2 fully saturated rings. The van der Waals surface area contributed by atoms with Gasteiger partial charge in [0.15, 0.2) is 0 Å². The number of carbonyl (C=O) groups is 1. The van der Waals surface area contributed by atoms with Crippen molar-refractivity contribution in [2.75, 3.05) is 19.7 Å². The summed E-state index contributed by atoms with van der Waals surface area (Å²) in [5.41, 5.74) is 5.95. The Morgan fingerprint density at radius 3 is 3.00 bits per heavy atom. The Kier molecular flexibility index (Phi) is 4.40. The van der Waals surface area contributed by atoms with Crippen LogP contribution in [0.25, 0.3) is 0 Å². The van der Waals surface area contributed by atoms with Gasteiger partial charge in [0.2, 0.25) is 5.91 Å². The van der Waals surface area contributed by atoms with Crippen molar-refractivity contribution in [3.05, 3.63) is 0 Å². The lowest BCUT2D eigenvalue weighted by Gasteiger charge is -2.36. The first-order chi connectivity index (χ1) is 8.20. The van der Waals surface area contributed by atoms with E-state index in [2.05, 4.69) is 6.92 Å². The number of nitrogens with zero attached hydrogens (tertiary/aromatic N) is 1. The van der Waals surface area contributed by atoms with Crippen molar-refractivity contribution in [3.63, 3.8) is 0 Å². The summed E-state index contributed by atoms with van der Waals surface area (Å²) in [6.07, 6.45) is 5.26. The second-order valence-corrected chi connectivity index (χ2v) is 5.31. The maximum absolute atomic E-state index is 12.4. The van der Waals surface area contributed by atoms with E-state index >= 15 is 0 Å². The van der Waals surface area contributed by atoms with E-state index in [0.717, 1.165) is 45.2 Å². The Morgan fingerprint density at radius 1 is 1.47 bits per heavy atom. The number of ether oxygens (including phenoxy) is 1. The maximum Gasteiger partial charge on any atom is 0.225 e. The Labute approximate surface area is 103 Å². The van der Waals surface area contributed by atoms with Crippen LogP contribution in [0.15, 0.2) is 0 Å². The van der Waals surface area contributed by atoms with Gasteiger partial charge in [-0.2, -0.15) is 0 Å². The van der Waals surface area contributed by atoms with Gasteiger partial charge < -0.3 is 15.4 Å². The lowest BCUT2D eigenvalue weighted by molar-refractivity contribution is -0.144. The lowest BCUT2D eigenvalue weighted by atomic mass is 9.85. The normalized spacial score (nSPS) is 34.7. The van der Waals surface area contributed by atoms with Crippen molar-refractivity contribution in [1.29, 1.82) is 0 Å². The fourth-order valence-corrected chi connectivity index (χ4v) is 2.88. The van der Waals surface area contributed by atoms with E-state index < -0.39 is 0 Å². The Bertz CT molecular complexity index is 270. The predicted molar refractivity (Wildman–Crippen MR) is 66.5 cm³/mol. The van der Waals surface area contributed by atoms with Crippen LogP contribution in [0, 0.1) is 5.92 Å². The minimum Gasteiger partial charge on any atom is -0.375 e. The zero-order chi connectivity index (χ0) is 12.3. The average molecular weight is 240 g/mol. The lowest BCUT2D eigenvalue weighted by Crippen LogP contribution is -2.49. The molecule has 1 aliphatic heterocycles. The molecule has 0 aromatic heterocycles. The van der Waals surface area contributed by atoms with Crippen molar-refractivity contribution in [2.45, 2.75) is 51.2 Å². The van der Waals surface area contributed by atoms with Gasteiger partial charge in [-0.1, -0.05) is 13.3 Å². The monoisotopic (exact) mass is 240 g/mol. The summed E-state index contributed by atoms with van der Waals surface area (Å²) < 4.78 is 5.60. The molecule has 0 aromatic rings. The molecule has 0 bridgehead atoms. The quantitative estimate of drug-likeness (QED) is 0.787. The summed E-state index contributed by atoms with van der Waals surface area (Å²) in [6, 6.07) is 0.223. The molecular formula is C13H24N2O2. The molecule has 1 aliphatic carbocycles. The number of carbonyl (C=O) groups excluding carboxylic acids is 1. The third kappa shape index (κ3) is 3.19. The van der Waals surface area contributed by atoms with Crippen LogP contribution in [0.1, 0.15) is 39.0 Å². The van der Waals surface area contributed by atoms with Crippen LogP contribution in [0.2, 0.25) is 0 Å². The molecule has 1 heterocycles. The molecular weight excluding hydrogens is 216 g/mol. The summed E-state index contributed by atoms with van der Waals surface area (Å²) in [6.45, 7) is 4.31. The molecule has 3 atom stereocenters. The van der Waals surface area contributed by atoms with Crippen molar-refractivity contribution < 1.29 is 9.53 Å². The largest absolute Gasteiger partial charge is 0.375 e. The molecule has 4 heteroatoms. The first-order valence-corrected chi connectivity index (χ1v) is 6.86. The predicted octanol–water partition coefficient (Wildman–Crippen LogP) is 1.14. The van der Waals surface area contributed by atoms with E-state index in [4.69, 9.17) is 10.5 Å². The van der Waals surface area contributed by atoms with Crippen LogP contribution < -0.4 is 5.73 Å². The van der Waals surface area contributed by atoms with E-state index in [9.17, 15) is 4.79 Å². The summed E-state index contributed by atoms with van der Waals surface area (Å²) in [4.78, 5) is 14.4. The highest BCUT2D eigenvalue weighted by molar-refractivity contribution is 5.79. The third-order valence-electron chi connectivity index (χ3n) is 3.97. The van der Waals surface area contributed by atoms with Gasteiger partial charge in [0.25, 0.3) is 0 Å². The standard InChI is InChI=1S/C13H24N2O2/c1-2-12-9-15(6-7-17-12)13(16)10-4-3-5-11(14)8-10/h10-12H,2-9,14H2,1H3. The number of amides is 1. The van der Waals surface area contributed by atoms with Crippen LogP contribution in [-0.2, 0) is 9.53 Å². The van der Waals surface area contributed by atoms with Crippen LogP contribution in [0.5, 0.6) is 0 Å². The van der Waals surface area contributed by atoms with E-state index in [1.165, 1.54) is 0 Å². The fourth-order valence-electron chi connectivity index (χ4n) is 2.88. The van der Waals surface area contributed by atoms with Crippen LogP contribution in [0.3, 0.4) is 0 Å². The SMILES string of the molecule is CCC1CN(C(=O)C2CCCC(N)C2)CCO1. The molecule has 2 rings (SSSR count). The number of rotatable bonds is 2. The minimum absolute atomic E-state index is 0.161. The summed E-state index contributed by atoms with van der Waals surface area (Å²) in [7, 11) is 0. The van der Waals surface area contributed by atoms with Gasteiger partial charge in [-0.15, -0.1) is 0 Å². The van der Waals surface area contributed by atoms with Crippen molar-refractivity contribution in [1.82, 2.24) is 4.90 Å². The highest BCUT2D eigenvalue weighted by Gasteiger charge is 2.31. The van der Waals surface area contributed by atoms with Gasteiger partial charge in [-0.3, -0.25) is 4.79 Å². The number of hydrogen-bond acceptors (Lipinski definition) is 3. The molecule has 98 valence electrons. The minimum atomic E-state index is 0.161. The van der Waals surface area contributed by atoms with Crippen LogP contribution in [-0.4, -0.2) is 42.6 Å². The molecule has 1 saturated heterocycles. The topological polar surface area (TPSA) is 55.6 Å². The summed E-state index contributed by atoms with van der Waals surface area (Å²) >= 11 is 0. The molecule has 2 N–H and O–H groups in total. The van der Waals surface area contributed by atoms with Crippen molar-refractivity contribution in [3.8, 4) is 0 Å². The smallest absolute Gasteiger partial charge is 0.225 e. The van der Waals surface area contributed by atoms with Crippen molar-refractivity contribution >= 4 is 5.91 Å². The van der Waals surface area contributed by atoms with Gasteiger partial charge in [0.05, 0.1) is 12.7 Å². The molecule has 1 saturated carbocycles. The number of hydrogen-bond donors (Lipinski definition) is 1. The Hall–Kier alpha value is -0.610. The molecule has 2 aliphatic rings. The highest BCUT2D eigenvalue weighted by atomic mass is 16.5. The number of nitrogens with two attached hydrogens (primary N) is 1. The second kappa shape index (κ2) is 5.83. The second-order valence-electron chi connectivity index (χ2n) is 5.31. The Morgan fingerprint density at radius 2 is 2.29 bits per heavy atom. The number of morpholine rings is 1. The molecule has 0 radical (unpaired) electrons. The van der Waals surface area contributed by atoms with Crippen molar-refractivity contribution in [2.24, 2.45) is 11.7 Å². The summed E-state index contributed by atoms with van der Waals surface area (Å²) in [5.74, 6) is 0.469. The van der Waals surface area contributed by atoms with Gasteiger partial charge in [-0.05, 0) is 25.7 Å². The van der Waals surface area contributed by atoms with Gasteiger partial charge in [-0.25, -0.2) is 0 Å². The molecule has 0 spiro atoms. The van der Waals surface area contributed by atoms with Crippen LogP contribution in [0.4, 0.5) is 0 Å². The molecule has 4 nitrogen and oxygen atoms in total. The molecule has 17 heavy (non-hydrogen) atoms. The van der Waals surface area contributed by atoms with E-state index in [0.29, 0.717) is 12.5 Å². The van der Waals surface area contributed by atoms with Gasteiger partial charge >= 0.3 is 0 Å². The van der Waals surface area contributed by atoms with E-state index in [1.54, 1.807) is 0 Å².